The van der Waals surface area contributed by atoms with Crippen LogP contribution in [0, 0.1) is 17.8 Å². The van der Waals surface area contributed by atoms with Gasteiger partial charge in [0.25, 0.3) is 0 Å². The van der Waals surface area contributed by atoms with E-state index in [1.807, 2.05) is 13.8 Å². The number of phenols is 1. The molecule has 0 heterocycles. The van der Waals surface area contributed by atoms with Gasteiger partial charge in [0.1, 0.15) is 54.1 Å². The molecule has 9 atom stereocenters. The maximum absolute atomic E-state index is 14.7. The zero-order valence-electron chi connectivity index (χ0n) is 47.6. The third kappa shape index (κ3) is 27.5. The van der Waals surface area contributed by atoms with Crippen LogP contribution in [0.3, 0.4) is 0 Å². The van der Waals surface area contributed by atoms with Gasteiger partial charge in [-0.3, -0.25) is 48.1 Å². The summed E-state index contributed by atoms with van der Waals surface area (Å²) in [7, 11) is 0. The number of amides is 8. The monoisotopic (exact) mass is 1150 g/mol. The molecular weight excluding hydrogens is 1070 g/mol. The molecule has 2 rings (SSSR count). The van der Waals surface area contributed by atoms with E-state index in [4.69, 9.17) is 17.2 Å². The Morgan fingerprint density at radius 1 is 0.506 bits per heavy atom. The highest BCUT2D eigenvalue weighted by Crippen LogP contribution is 2.16. The number of aromatic hydroxyl groups is 1. The van der Waals surface area contributed by atoms with Crippen molar-refractivity contribution >= 4 is 76.9 Å². The van der Waals surface area contributed by atoms with Crippen molar-refractivity contribution in [2.75, 3.05) is 18.6 Å². The number of carbonyl (C=O) groups excluding carboxylic acids is 8. The number of phenolic OH excluding ortho intramolecular Hbond substituents is 1. The Bertz CT molecular complexity index is 2430. The van der Waals surface area contributed by atoms with Crippen LogP contribution >= 0.6 is 11.8 Å². The number of hydrogen-bond acceptors (Lipinski definition) is 14. The number of nitrogens with one attached hydrogen (secondary N) is 8. The van der Waals surface area contributed by atoms with Crippen molar-refractivity contribution in [3.05, 3.63) is 65.7 Å². The molecule has 2 aromatic carbocycles. The minimum Gasteiger partial charge on any atom is -0.508 e. The Morgan fingerprint density at radius 2 is 0.914 bits per heavy atom. The number of hydrogen-bond donors (Lipinski definition) is 14. The molecule has 0 saturated heterocycles. The highest BCUT2D eigenvalue weighted by atomic mass is 32.2. The van der Waals surface area contributed by atoms with Crippen LogP contribution in [0.4, 0.5) is 0 Å². The molecular formula is C55H86N12O13S. The smallest absolute Gasteiger partial charge is 0.326 e. The van der Waals surface area contributed by atoms with Crippen LogP contribution in [0.25, 0.3) is 0 Å². The van der Waals surface area contributed by atoms with E-state index in [-0.39, 0.29) is 81.0 Å². The van der Waals surface area contributed by atoms with Crippen LogP contribution < -0.4 is 59.7 Å². The fourth-order valence-corrected chi connectivity index (χ4v) is 8.71. The molecule has 0 aliphatic heterocycles. The van der Waals surface area contributed by atoms with Crippen molar-refractivity contribution in [2.24, 2.45) is 39.9 Å². The number of benzene rings is 2. The molecule has 0 fully saturated rings. The number of rotatable bonds is 37. The highest BCUT2D eigenvalue weighted by molar-refractivity contribution is 7.98. The van der Waals surface area contributed by atoms with Gasteiger partial charge < -0.3 is 75.1 Å². The summed E-state index contributed by atoms with van der Waals surface area (Å²) < 4.78 is 0. The molecule has 0 aromatic heterocycles. The standard InChI is InChI=1S/C55H86N12O13S/c1-30(2)25-40(49(74)60-33(7)46(71)62-39(54(79)80)22-24-81-8)64-52(77)44(29-35-16-18-36(68)19-17-35)67-53(78)43(28-34-13-10-9-11-14-34)66-48(73)38(20-21-45(69)70)61-50(75)42(27-32(5)6)65-51(76)41(26-31(3)4)63-47(72)37(56)15-12-23-59-55(57)58/h9-11,13-14,16-19,30-33,37-44,68H,12,15,20-29,56H2,1-8H3,(H,60,74)(H,61,75)(H,62,71)(H,63,72)(H,64,77)(H,65,76)(H,66,73)(H,67,78)(H,69,70)(H,79,80)(H4,57,58,59). The number of guanidine groups is 1. The van der Waals surface area contributed by atoms with E-state index in [2.05, 4.69) is 47.5 Å². The van der Waals surface area contributed by atoms with Crippen LogP contribution in [-0.2, 0) is 60.8 Å². The molecule has 26 heteroatoms. The Labute approximate surface area is 478 Å². The van der Waals surface area contributed by atoms with Crippen molar-refractivity contribution in [1.29, 1.82) is 0 Å². The molecule has 17 N–H and O–H groups in total. The number of carbonyl (C=O) groups is 10. The first-order valence-corrected chi connectivity index (χ1v) is 28.5. The molecule has 2 aromatic rings. The summed E-state index contributed by atoms with van der Waals surface area (Å²) in [5, 5.41) is 50.4. The molecule has 0 saturated carbocycles. The van der Waals surface area contributed by atoms with Gasteiger partial charge in [0.05, 0.1) is 6.04 Å². The lowest BCUT2D eigenvalue weighted by Gasteiger charge is -2.29. The van der Waals surface area contributed by atoms with Crippen LogP contribution in [0.1, 0.15) is 111 Å². The first kappa shape index (κ1) is 69.6. The van der Waals surface area contributed by atoms with Gasteiger partial charge in [0.2, 0.25) is 47.3 Å². The minimum atomic E-state index is -1.60. The third-order valence-corrected chi connectivity index (χ3v) is 13.2. The predicted molar refractivity (Wildman–Crippen MR) is 307 cm³/mol. The summed E-state index contributed by atoms with van der Waals surface area (Å²) in [5.74, 6) is -9.36. The van der Waals surface area contributed by atoms with Crippen molar-refractivity contribution in [1.82, 2.24) is 42.5 Å². The Hall–Kier alpha value is -7.48. The van der Waals surface area contributed by atoms with E-state index < -0.39 is 126 Å². The molecule has 0 radical (unpaired) electrons. The quantitative estimate of drug-likeness (QED) is 0.0246. The number of carboxylic acids is 2. The van der Waals surface area contributed by atoms with Gasteiger partial charge in [-0.15, -0.1) is 0 Å². The first-order valence-electron chi connectivity index (χ1n) is 27.1. The molecule has 25 nitrogen and oxygen atoms in total. The van der Waals surface area contributed by atoms with Crippen LogP contribution in [0.5, 0.6) is 5.75 Å². The summed E-state index contributed by atoms with van der Waals surface area (Å²) in [6.07, 6.45) is 1.28. The maximum atomic E-state index is 14.7. The zero-order chi connectivity index (χ0) is 60.9. The Kier molecular flexibility index (Phi) is 30.9. The normalized spacial score (nSPS) is 14.5. The van der Waals surface area contributed by atoms with Crippen molar-refractivity contribution in [3.8, 4) is 5.75 Å². The van der Waals surface area contributed by atoms with E-state index in [0.29, 0.717) is 23.3 Å². The molecule has 450 valence electrons. The topological polar surface area (TPSA) is 418 Å². The summed E-state index contributed by atoms with van der Waals surface area (Å²) >= 11 is 1.39. The van der Waals surface area contributed by atoms with E-state index in [1.165, 1.54) is 43.0 Å². The van der Waals surface area contributed by atoms with Crippen LogP contribution in [0.15, 0.2) is 59.6 Å². The molecule has 9 unspecified atom stereocenters. The SMILES string of the molecule is CSCCC(NC(=O)C(C)NC(=O)C(CC(C)C)NC(=O)C(Cc1ccc(O)cc1)NC(=O)C(Cc1ccccc1)NC(=O)C(CCC(=O)O)NC(=O)C(CC(C)C)NC(=O)C(CC(C)C)NC(=O)C(N)CCCN=C(N)N)C(=O)O. The molecule has 0 aliphatic carbocycles. The van der Waals surface area contributed by atoms with E-state index in [0.717, 1.165) is 0 Å². The van der Waals surface area contributed by atoms with Gasteiger partial charge in [0, 0.05) is 25.8 Å². The second-order valence-electron chi connectivity index (χ2n) is 21.2. The lowest BCUT2D eigenvalue weighted by atomic mass is 9.99. The molecule has 81 heavy (non-hydrogen) atoms. The lowest BCUT2D eigenvalue weighted by Crippen LogP contribution is -2.61. The molecule has 0 bridgehead atoms. The second-order valence-corrected chi connectivity index (χ2v) is 22.2. The van der Waals surface area contributed by atoms with Crippen molar-refractivity contribution in [2.45, 2.75) is 167 Å². The lowest BCUT2D eigenvalue weighted by molar-refractivity contribution is -0.142. The number of carboxylic acid groups (broad SMARTS) is 2. The fourth-order valence-electron chi connectivity index (χ4n) is 8.24. The molecule has 0 aliphatic rings. The first-order chi connectivity index (χ1) is 38.1. The van der Waals surface area contributed by atoms with Gasteiger partial charge in [-0.2, -0.15) is 11.8 Å². The third-order valence-electron chi connectivity index (χ3n) is 12.5. The van der Waals surface area contributed by atoms with Crippen LogP contribution in [-0.4, -0.2) is 153 Å². The van der Waals surface area contributed by atoms with Crippen molar-refractivity contribution in [3.63, 3.8) is 0 Å². The predicted octanol–water partition coefficient (Wildman–Crippen LogP) is 0.297. The summed E-state index contributed by atoms with van der Waals surface area (Å²) in [6.45, 7) is 12.4. The summed E-state index contributed by atoms with van der Waals surface area (Å²) in [4.78, 5) is 140. The molecule has 8 amide bonds. The summed E-state index contributed by atoms with van der Waals surface area (Å²) in [6, 6.07) is 2.46. The molecule has 0 spiro atoms. The summed E-state index contributed by atoms with van der Waals surface area (Å²) in [5.41, 5.74) is 17.9. The number of aliphatic carboxylic acids is 2. The van der Waals surface area contributed by atoms with Gasteiger partial charge in [-0.25, -0.2) is 4.79 Å². The maximum Gasteiger partial charge on any atom is 0.326 e. The van der Waals surface area contributed by atoms with Gasteiger partial charge in [-0.1, -0.05) is 84.0 Å². The number of aliphatic imine (C=N–C) groups is 1. The van der Waals surface area contributed by atoms with Gasteiger partial charge >= 0.3 is 11.9 Å². The van der Waals surface area contributed by atoms with E-state index >= 15 is 0 Å². The fraction of sp³-hybridized carbons (Fsp3) is 0.582. The number of nitrogens with two attached hydrogens (primary N) is 3. The Balaban J connectivity index is 2.53. The van der Waals surface area contributed by atoms with E-state index in [9.17, 15) is 63.3 Å². The largest absolute Gasteiger partial charge is 0.508 e. The Morgan fingerprint density at radius 3 is 1.36 bits per heavy atom. The average molecular weight is 1160 g/mol. The minimum absolute atomic E-state index is 0.0424. The second kappa shape index (κ2) is 36.0. The van der Waals surface area contributed by atoms with Gasteiger partial charge in [-0.05, 0) is 105 Å². The average Bonchev–Trinajstić information content (AvgIpc) is 3.39. The van der Waals surface area contributed by atoms with E-state index in [1.54, 1.807) is 64.3 Å². The highest BCUT2D eigenvalue weighted by Gasteiger charge is 2.36. The number of thioether (sulfide) groups is 1. The zero-order valence-corrected chi connectivity index (χ0v) is 48.4. The number of nitrogens with zero attached hydrogens (tertiary/aromatic N) is 1. The van der Waals surface area contributed by atoms with Crippen LogP contribution in [0.2, 0.25) is 0 Å². The van der Waals surface area contributed by atoms with Gasteiger partial charge in [0.15, 0.2) is 5.96 Å². The van der Waals surface area contributed by atoms with Crippen molar-refractivity contribution < 1.29 is 63.3 Å².